The Morgan fingerprint density at radius 1 is 1.16 bits per heavy atom. The minimum Gasteiger partial charge on any atom is -0.377 e. The monoisotopic (exact) mass is 290 g/mol. The Labute approximate surface area is 124 Å². The quantitative estimate of drug-likeness (QED) is 0.814. The van der Waals surface area contributed by atoms with Gasteiger partial charge < -0.3 is 15.0 Å². The van der Waals surface area contributed by atoms with Crippen LogP contribution in [0.2, 0.25) is 0 Å². The molecule has 2 saturated heterocycles. The second kappa shape index (κ2) is 9.98. The summed E-state index contributed by atoms with van der Waals surface area (Å²) in [4.78, 5) is 2.65. The van der Waals surface area contributed by atoms with Crippen molar-refractivity contribution in [3.05, 3.63) is 0 Å². The molecular formula is C15H31ClN2O. The number of hydrogen-bond acceptors (Lipinski definition) is 3. The number of hydrogen-bond donors (Lipinski definition) is 1. The molecule has 2 aliphatic rings. The summed E-state index contributed by atoms with van der Waals surface area (Å²) in [6, 6.07) is 0. The minimum atomic E-state index is 0. The summed E-state index contributed by atoms with van der Waals surface area (Å²) in [5.41, 5.74) is 0. The van der Waals surface area contributed by atoms with Crippen LogP contribution in [0.1, 0.15) is 45.4 Å². The summed E-state index contributed by atoms with van der Waals surface area (Å²) in [5.74, 6) is 0.855. The van der Waals surface area contributed by atoms with Crippen molar-refractivity contribution < 1.29 is 4.74 Å². The summed E-state index contributed by atoms with van der Waals surface area (Å²) >= 11 is 0. The van der Waals surface area contributed by atoms with Gasteiger partial charge in [-0.05, 0) is 64.1 Å². The number of nitrogens with zero attached hydrogens (tertiary/aromatic N) is 1. The van der Waals surface area contributed by atoms with Crippen molar-refractivity contribution in [1.82, 2.24) is 10.2 Å². The molecule has 2 fully saturated rings. The second-order valence-electron chi connectivity index (χ2n) is 5.96. The predicted molar refractivity (Wildman–Crippen MR) is 83.2 cm³/mol. The van der Waals surface area contributed by atoms with Crippen molar-refractivity contribution in [2.24, 2.45) is 5.92 Å². The fraction of sp³-hybridized carbons (Fsp3) is 1.00. The Morgan fingerprint density at radius 2 is 2.05 bits per heavy atom. The van der Waals surface area contributed by atoms with Gasteiger partial charge >= 0.3 is 0 Å². The highest BCUT2D eigenvalue weighted by atomic mass is 35.5. The maximum absolute atomic E-state index is 5.89. The fourth-order valence-corrected chi connectivity index (χ4v) is 3.26. The van der Waals surface area contributed by atoms with E-state index in [0.717, 1.165) is 19.1 Å². The van der Waals surface area contributed by atoms with Gasteiger partial charge in [0.2, 0.25) is 0 Å². The lowest BCUT2D eigenvalue weighted by Crippen LogP contribution is -2.42. The van der Waals surface area contributed by atoms with Crippen molar-refractivity contribution in [3.8, 4) is 0 Å². The molecule has 2 rings (SSSR count). The van der Waals surface area contributed by atoms with Gasteiger partial charge in [0.15, 0.2) is 0 Å². The third-order valence-electron chi connectivity index (χ3n) is 4.19. The first-order valence-electron chi connectivity index (χ1n) is 7.93. The molecule has 2 atom stereocenters. The van der Waals surface area contributed by atoms with Crippen molar-refractivity contribution in [2.45, 2.75) is 51.6 Å². The van der Waals surface area contributed by atoms with Gasteiger partial charge in [-0.1, -0.05) is 6.92 Å². The van der Waals surface area contributed by atoms with Crippen LogP contribution >= 0.6 is 12.4 Å². The molecule has 19 heavy (non-hydrogen) atoms. The predicted octanol–water partition coefficient (Wildman–Crippen LogP) is 2.69. The molecule has 0 spiro atoms. The number of rotatable bonds is 6. The maximum atomic E-state index is 5.89. The van der Waals surface area contributed by atoms with Crippen LogP contribution < -0.4 is 5.32 Å². The minimum absolute atomic E-state index is 0. The van der Waals surface area contributed by atoms with Gasteiger partial charge in [0, 0.05) is 19.7 Å². The summed E-state index contributed by atoms with van der Waals surface area (Å²) in [6.45, 7) is 9.35. The van der Waals surface area contributed by atoms with Gasteiger partial charge in [-0.3, -0.25) is 0 Å². The third kappa shape index (κ3) is 6.44. The van der Waals surface area contributed by atoms with Crippen LogP contribution in [0, 0.1) is 5.92 Å². The van der Waals surface area contributed by atoms with Crippen LogP contribution in [-0.4, -0.2) is 50.3 Å². The zero-order valence-corrected chi connectivity index (χ0v) is 13.2. The van der Waals surface area contributed by atoms with E-state index in [-0.39, 0.29) is 12.4 Å². The fourth-order valence-electron chi connectivity index (χ4n) is 3.26. The molecule has 0 aromatic carbocycles. The van der Waals surface area contributed by atoms with E-state index >= 15 is 0 Å². The number of piperidine rings is 1. The van der Waals surface area contributed by atoms with E-state index in [2.05, 4.69) is 17.1 Å². The highest BCUT2D eigenvalue weighted by Gasteiger charge is 2.21. The normalized spacial score (nSPS) is 28.1. The lowest BCUT2D eigenvalue weighted by atomic mass is 9.98. The average molecular weight is 291 g/mol. The first-order valence-corrected chi connectivity index (χ1v) is 7.93. The van der Waals surface area contributed by atoms with Crippen LogP contribution in [0.25, 0.3) is 0 Å². The largest absolute Gasteiger partial charge is 0.377 e. The molecule has 2 heterocycles. The summed E-state index contributed by atoms with van der Waals surface area (Å²) in [7, 11) is 0. The molecule has 0 aromatic rings. The molecule has 0 amide bonds. The highest BCUT2D eigenvalue weighted by molar-refractivity contribution is 5.85. The Kier molecular flexibility index (Phi) is 9.04. The zero-order valence-electron chi connectivity index (χ0n) is 12.4. The summed E-state index contributed by atoms with van der Waals surface area (Å²) < 4.78 is 5.89. The number of ether oxygens (including phenoxy) is 1. The van der Waals surface area contributed by atoms with Gasteiger partial charge in [0.05, 0.1) is 6.10 Å². The van der Waals surface area contributed by atoms with Gasteiger partial charge in [-0.15, -0.1) is 12.4 Å². The Hall–Kier alpha value is 0.170. The van der Waals surface area contributed by atoms with E-state index in [1.165, 1.54) is 64.7 Å². The molecule has 0 aliphatic carbocycles. The van der Waals surface area contributed by atoms with Crippen LogP contribution in [0.4, 0.5) is 0 Å². The molecule has 4 heteroatoms. The van der Waals surface area contributed by atoms with E-state index in [1.54, 1.807) is 0 Å². The SMILES string of the molecule is CCCN(CC1CCCNC1)CC1CCCCO1.Cl. The number of halogens is 1. The molecular weight excluding hydrogens is 260 g/mol. The summed E-state index contributed by atoms with van der Waals surface area (Å²) in [6.07, 6.45) is 8.40. The van der Waals surface area contributed by atoms with E-state index in [1.807, 2.05) is 0 Å². The molecule has 2 aliphatic heterocycles. The van der Waals surface area contributed by atoms with Gasteiger partial charge in [-0.25, -0.2) is 0 Å². The van der Waals surface area contributed by atoms with Crippen molar-refractivity contribution in [2.75, 3.05) is 39.3 Å². The molecule has 2 unspecified atom stereocenters. The molecule has 3 nitrogen and oxygen atoms in total. The first kappa shape index (κ1) is 17.2. The van der Waals surface area contributed by atoms with E-state index in [9.17, 15) is 0 Å². The van der Waals surface area contributed by atoms with Crippen molar-refractivity contribution >= 4 is 12.4 Å². The smallest absolute Gasteiger partial charge is 0.0702 e. The van der Waals surface area contributed by atoms with Crippen LogP contribution in [-0.2, 0) is 4.74 Å². The zero-order chi connectivity index (χ0) is 12.6. The molecule has 114 valence electrons. The lowest BCUT2D eigenvalue weighted by molar-refractivity contribution is -0.00867. The molecule has 1 N–H and O–H groups in total. The highest BCUT2D eigenvalue weighted by Crippen LogP contribution is 2.17. The van der Waals surface area contributed by atoms with E-state index in [4.69, 9.17) is 4.74 Å². The van der Waals surface area contributed by atoms with Gasteiger partial charge in [-0.2, -0.15) is 0 Å². The van der Waals surface area contributed by atoms with Crippen molar-refractivity contribution in [1.29, 1.82) is 0 Å². The van der Waals surface area contributed by atoms with Crippen LogP contribution in [0.3, 0.4) is 0 Å². The van der Waals surface area contributed by atoms with Crippen LogP contribution in [0.15, 0.2) is 0 Å². The van der Waals surface area contributed by atoms with Crippen molar-refractivity contribution in [3.63, 3.8) is 0 Å². The average Bonchev–Trinajstić information content (AvgIpc) is 2.41. The maximum Gasteiger partial charge on any atom is 0.0702 e. The Balaban J connectivity index is 0.00000180. The van der Waals surface area contributed by atoms with Gasteiger partial charge in [0.25, 0.3) is 0 Å². The van der Waals surface area contributed by atoms with Gasteiger partial charge in [0.1, 0.15) is 0 Å². The first-order chi connectivity index (χ1) is 8.88. The lowest BCUT2D eigenvalue weighted by Gasteiger charge is -2.33. The van der Waals surface area contributed by atoms with E-state index < -0.39 is 0 Å². The second-order valence-corrected chi connectivity index (χ2v) is 5.96. The van der Waals surface area contributed by atoms with Crippen LogP contribution in [0.5, 0.6) is 0 Å². The third-order valence-corrected chi connectivity index (χ3v) is 4.19. The standard InChI is InChI=1S/C15H30N2O.ClH/c1-2-9-17(12-14-6-5-8-16-11-14)13-15-7-3-4-10-18-15;/h14-16H,2-13H2,1H3;1H. The molecule has 0 radical (unpaired) electrons. The summed E-state index contributed by atoms with van der Waals surface area (Å²) in [5, 5.41) is 3.53. The van der Waals surface area contributed by atoms with E-state index in [0.29, 0.717) is 6.10 Å². The Morgan fingerprint density at radius 3 is 2.68 bits per heavy atom. The molecule has 0 bridgehead atoms. The topological polar surface area (TPSA) is 24.5 Å². The Bertz CT molecular complexity index is 196. The number of nitrogens with one attached hydrogen (secondary N) is 1. The molecule has 0 saturated carbocycles. The molecule has 0 aromatic heterocycles.